The molecule has 3 heterocycles. The Balaban J connectivity index is 1.26. The van der Waals surface area contributed by atoms with Crippen LogP contribution < -0.4 is 14.8 Å². The summed E-state index contributed by atoms with van der Waals surface area (Å²) in [7, 11) is 0. The molecule has 0 aliphatic carbocycles. The summed E-state index contributed by atoms with van der Waals surface area (Å²) in [6, 6.07) is 9.28. The van der Waals surface area contributed by atoms with E-state index in [-0.39, 0.29) is 18.5 Å². The first-order valence-electron chi connectivity index (χ1n) is 8.22. The Bertz CT molecular complexity index is 958. The van der Waals surface area contributed by atoms with Crippen LogP contribution in [0.1, 0.15) is 11.4 Å². The molecule has 0 spiro atoms. The van der Waals surface area contributed by atoms with Gasteiger partial charge >= 0.3 is 0 Å². The number of pyridine rings is 1. The number of ether oxygens (including phenoxy) is 2. The Labute approximate surface area is 159 Å². The third kappa shape index (κ3) is 4.20. The number of carbonyl (C=O) groups is 1. The monoisotopic (exact) mass is 384 g/mol. The molecule has 0 atom stereocenters. The van der Waals surface area contributed by atoms with E-state index in [0.717, 1.165) is 21.9 Å². The first kappa shape index (κ1) is 17.3. The molecule has 0 unspecified atom stereocenters. The molecule has 0 bridgehead atoms. The molecule has 2 aromatic heterocycles. The van der Waals surface area contributed by atoms with E-state index in [1.165, 1.54) is 11.8 Å². The SMILES string of the molecule is Cc1noc(-c2ccc(SCC(=O)NCc3ccc4c(c3)OCO4)nc2)n1. The fraction of sp³-hybridized carbons (Fsp3) is 0.222. The van der Waals surface area contributed by atoms with Crippen molar-refractivity contribution >= 4 is 17.7 Å². The van der Waals surface area contributed by atoms with Crippen molar-refractivity contribution in [3.8, 4) is 23.0 Å². The van der Waals surface area contributed by atoms with E-state index < -0.39 is 0 Å². The maximum atomic E-state index is 12.1. The molecular weight excluding hydrogens is 368 g/mol. The predicted octanol–water partition coefficient (Wildman–Crippen LogP) is 2.58. The number of nitrogens with one attached hydrogen (secondary N) is 1. The van der Waals surface area contributed by atoms with Crippen molar-refractivity contribution in [2.45, 2.75) is 18.5 Å². The van der Waals surface area contributed by atoms with Gasteiger partial charge in [0.2, 0.25) is 12.7 Å². The highest BCUT2D eigenvalue weighted by molar-refractivity contribution is 7.99. The van der Waals surface area contributed by atoms with Gasteiger partial charge in [0.05, 0.1) is 16.3 Å². The number of nitrogens with zero attached hydrogens (tertiary/aromatic N) is 3. The Morgan fingerprint density at radius 1 is 1.22 bits per heavy atom. The normalized spacial score (nSPS) is 12.2. The first-order chi connectivity index (χ1) is 13.2. The van der Waals surface area contributed by atoms with Crippen LogP contribution in [-0.4, -0.2) is 33.6 Å². The molecular formula is C18H16N4O4S. The van der Waals surface area contributed by atoms with Crippen molar-refractivity contribution in [2.24, 2.45) is 0 Å². The molecule has 0 fully saturated rings. The van der Waals surface area contributed by atoms with E-state index in [0.29, 0.717) is 24.0 Å². The summed E-state index contributed by atoms with van der Waals surface area (Å²) in [4.78, 5) is 20.5. The van der Waals surface area contributed by atoms with Crippen LogP contribution in [0.2, 0.25) is 0 Å². The van der Waals surface area contributed by atoms with Crippen molar-refractivity contribution in [3.63, 3.8) is 0 Å². The van der Waals surface area contributed by atoms with E-state index in [1.54, 1.807) is 13.1 Å². The second-order valence-corrected chi connectivity index (χ2v) is 6.78. The van der Waals surface area contributed by atoms with E-state index in [2.05, 4.69) is 20.4 Å². The Kier molecular flexibility index (Phi) is 4.93. The summed E-state index contributed by atoms with van der Waals surface area (Å²) in [5.74, 6) is 2.63. The molecule has 138 valence electrons. The highest BCUT2D eigenvalue weighted by Crippen LogP contribution is 2.32. The summed E-state index contributed by atoms with van der Waals surface area (Å²) < 4.78 is 15.7. The van der Waals surface area contributed by atoms with Crippen molar-refractivity contribution in [3.05, 3.63) is 47.9 Å². The molecule has 0 radical (unpaired) electrons. The van der Waals surface area contributed by atoms with Crippen LogP contribution in [0.25, 0.3) is 11.5 Å². The molecule has 1 N–H and O–H groups in total. The zero-order chi connectivity index (χ0) is 18.6. The van der Waals surface area contributed by atoms with Crippen molar-refractivity contribution in [1.82, 2.24) is 20.4 Å². The van der Waals surface area contributed by atoms with Crippen molar-refractivity contribution in [1.29, 1.82) is 0 Å². The van der Waals surface area contributed by atoms with E-state index in [4.69, 9.17) is 14.0 Å². The lowest BCUT2D eigenvalue weighted by molar-refractivity contribution is -0.118. The highest BCUT2D eigenvalue weighted by Gasteiger charge is 2.13. The Hall–Kier alpha value is -3.07. The smallest absolute Gasteiger partial charge is 0.259 e. The number of aromatic nitrogens is 3. The van der Waals surface area contributed by atoms with E-state index in [9.17, 15) is 4.79 Å². The molecule has 27 heavy (non-hydrogen) atoms. The molecule has 4 rings (SSSR count). The van der Waals surface area contributed by atoms with Crippen LogP contribution in [0, 0.1) is 6.92 Å². The van der Waals surface area contributed by atoms with Crippen LogP contribution in [0.3, 0.4) is 0 Å². The zero-order valence-corrected chi connectivity index (χ0v) is 15.3. The minimum absolute atomic E-state index is 0.0731. The summed E-state index contributed by atoms with van der Waals surface area (Å²) >= 11 is 1.36. The Morgan fingerprint density at radius 3 is 2.89 bits per heavy atom. The minimum Gasteiger partial charge on any atom is -0.454 e. The Morgan fingerprint density at radius 2 is 2.11 bits per heavy atom. The maximum Gasteiger partial charge on any atom is 0.259 e. The molecule has 9 heteroatoms. The van der Waals surface area contributed by atoms with Gasteiger partial charge in [0.1, 0.15) is 0 Å². The fourth-order valence-electron chi connectivity index (χ4n) is 2.45. The number of rotatable bonds is 6. The van der Waals surface area contributed by atoms with Gasteiger partial charge in [-0.05, 0) is 36.8 Å². The summed E-state index contributed by atoms with van der Waals surface area (Å²) in [6.45, 7) is 2.42. The van der Waals surface area contributed by atoms with Crippen LogP contribution in [-0.2, 0) is 11.3 Å². The third-order valence-corrected chi connectivity index (χ3v) is 4.73. The van der Waals surface area contributed by atoms with E-state index >= 15 is 0 Å². The number of fused-ring (bicyclic) bond motifs is 1. The van der Waals surface area contributed by atoms with Crippen LogP contribution in [0.15, 0.2) is 46.1 Å². The number of amides is 1. The quantitative estimate of drug-likeness (QED) is 0.648. The third-order valence-electron chi connectivity index (χ3n) is 3.79. The lowest BCUT2D eigenvalue weighted by Gasteiger charge is -2.06. The number of benzene rings is 1. The molecule has 1 aliphatic rings. The number of aryl methyl sites for hydroxylation is 1. The summed E-state index contributed by atoms with van der Waals surface area (Å²) in [6.07, 6.45) is 1.65. The number of carbonyl (C=O) groups excluding carboxylic acids is 1. The van der Waals surface area contributed by atoms with Gasteiger partial charge in [-0.3, -0.25) is 4.79 Å². The van der Waals surface area contributed by atoms with Crippen LogP contribution >= 0.6 is 11.8 Å². The van der Waals surface area contributed by atoms with Gasteiger partial charge in [-0.15, -0.1) is 0 Å². The molecule has 1 amide bonds. The zero-order valence-electron chi connectivity index (χ0n) is 14.5. The second-order valence-electron chi connectivity index (χ2n) is 5.78. The standard InChI is InChI=1S/C18H16N4O4S/c1-11-21-18(26-22-11)13-3-5-17(20-8-13)27-9-16(23)19-7-12-2-4-14-15(6-12)25-10-24-14/h2-6,8H,7,9-10H2,1H3,(H,19,23). The van der Waals surface area contributed by atoms with Crippen molar-refractivity contribution in [2.75, 3.05) is 12.5 Å². The topological polar surface area (TPSA) is 99.4 Å². The molecule has 1 aromatic carbocycles. The highest BCUT2D eigenvalue weighted by atomic mass is 32.2. The minimum atomic E-state index is -0.0731. The van der Waals surface area contributed by atoms with Gasteiger partial charge in [0.15, 0.2) is 17.3 Å². The lowest BCUT2D eigenvalue weighted by Crippen LogP contribution is -2.24. The summed E-state index contributed by atoms with van der Waals surface area (Å²) in [5.41, 5.74) is 1.70. The first-order valence-corrected chi connectivity index (χ1v) is 9.21. The molecule has 0 saturated carbocycles. The predicted molar refractivity (Wildman–Crippen MR) is 97.4 cm³/mol. The second kappa shape index (κ2) is 7.67. The number of hydrogen-bond donors (Lipinski definition) is 1. The largest absolute Gasteiger partial charge is 0.454 e. The average molecular weight is 384 g/mol. The van der Waals surface area contributed by atoms with Gasteiger partial charge in [-0.1, -0.05) is 23.0 Å². The molecule has 3 aromatic rings. The van der Waals surface area contributed by atoms with Gasteiger partial charge < -0.3 is 19.3 Å². The van der Waals surface area contributed by atoms with Crippen LogP contribution in [0.5, 0.6) is 11.5 Å². The van der Waals surface area contributed by atoms with Gasteiger partial charge in [0.25, 0.3) is 5.89 Å². The maximum absolute atomic E-state index is 12.1. The molecule has 0 saturated heterocycles. The van der Waals surface area contributed by atoms with Gasteiger partial charge in [-0.25, -0.2) is 4.98 Å². The lowest BCUT2D eigenvalue weighted by atomic mass is 10.2. The fourth-order valence-corrected chi connectivity index (χ4v) is 3.12. The molecule has 8 nitrogen and oxygen atoms in total. The summed E-state index contributed by atoms with van der Waals surface area (Å²) in [5, 5.41) is 7.38. The van der Waals surface area contributed by atoms with Crippen molar-refractivity contribution < 1.29 is 18.8 Å². The van der Waals surface area contributed by atoms with Gasteiger partial charge in [-0.2, -0.15) is 4.98 Å². The number of hydrogen-bond acceptors (Lipinski definition) is 8. The van der Waals surface area contributed by atoms with Gasteiger partial charge in [0, 0.05) is 12.7 Å². The van der Waals surface area contributed by atoms with E-state index in [1.807, 2.05) is 30.3 Å². The molecule has 1 aliphatic heterocycles. The van der Waals surface area contributed by atoms with Crippen LogP contribution in [0.4, 0.5) is 0 Å². The average Bonchev–Trinajstić information content (AvgIpc) is 3.33. The number of thioether (sulfide) groups is 1.